The summed E-state index contributed by atoms with van der Waals surface area (Å²) in [5, 5.41) is 0. The highest BCUT2D eigenvalue weighted by Gasteiger charge is 2.23. The molecule has 5 rings (SSSR count). The molecule has 162 valence electrons. The Morgan fingerprint density at radius 2 is 1.97 bits per heavy atom. The lowest BCUT2D eigenvalue weighted by molar-refractivity contribution is 0.0974. The van der Waals surface area contributed by atoms with E-state index < -0.39 is 0 Å². The third kappa shape index (κ3) is 3.40. The van der Waals surface area contributed by atoms with Crippen LogP contribution < -0.4 is 11.2 Å². The van der Waals surface area contributed by atoms with Crippen molar-refractivity contribution in [3.63, 3.8) is 0 Å². The topological polar surface area (TPSA) is 75.5 Å². The number of aryl methyl sites for hydroxylation is 3. The van der Waals surface area contributed by atoms with Crippen molar-refractivity contribution in [1.29, 1.82) is 0 Å². The number of hydrogen-bond acceptors (Lipinski definition) is 4. The molecule has 1 aromatic carbocycles. The van der Waals surface area contributed by atoms with Gasteiger partial charge in [-0.25, -0.2) is 4.79 Å². The van der Waals surface area contributed by atoms with Gasteiger partial charge in [0.1, 0.15) is 0 Å². The minimum absolute atomic E-state index is 0.160. The van der Waals surface area contributed by atoms with E-state index in [1.54, 1.807) is 7.05 Å². The predicted octanol–water partition coefficient (Wildman–Crippen LogP) is 2.27. The van der Waals surface area contributed by atoms with Gasteiger partial charge in [-0.1, -0.05) is 30.3 Å². The summed E-state index contributed by atoms with van der Waals surface area (Å²) in [5.41, 5.74) is 2.48. The molecule has 1 saturated heterocycles. The Morgan fingerprint density at radius 3 is 2.71 bits per heavy atom. The van der Waals surface area contributed by atoms with E-state index in [2.05, 4.69) is 21.7 Å². The van der Waals surface area contributed by atoms with Gasteiger partial charge in [0.05, 0.1) is 12.6 Å². The van der Waals surface area contributed by atoms with E-state index in [-0.39, 0.29) is 17.4 Å². The molecule has 0 N–H and O–H groups in total. The molecule has 1 aliphatic rings. The number of hydrogen-bond donors (Lipinski definition) is 0. The number of fused-ring (bicyclic) bond motifs is 3. The lowest BCUT2D eigenvalue weighted by Gasteiger charge is -2.11. The molecule has 0 unspecified atom stereocenters. The van der Waals surface area contributed by atoms with Crippen molar-refractivity contribution in [2.45, 2.75) is 51.8 Å². The molecule has 4 heterocycles. The van der Waals surface area contributed by atoms with Crippen LogP contribution in [0.15, 0.2) is 46.1 Å². The SMILES string of the molecule is Cc1cn2c3c(=O)n(CCCc4ccccc4)c(=O)n(C)c3nc2n1C[C@H]1CCCO1. The summed E-state index contributed by atoms with van der Waals surface area (Å²) in [4.78, 5) is 31.0. The minimum Gasteiger partial charge on any atom is -0.376 e. The molecule has 0 amide bonds. The van der Waals surface area contributed by atoms with Crippen molar-refractivity contribution in [1.82, 2.24) is 23.1 Å². The smallest absolute Gasteiger partial charge is 0.332 e. The molecule has 0 radical (unpaired) electrons. The number of rotatable bonds is 6. The van der Waals surface area contributed by atoms with Gasteiger partial charge < -0.3 is 9.30 Å². The maximum Gasteiger partial charge on any atom is 0.332 e. The van der Waals surface area contributed by atoms with Gasteiger partial charge in [0.15, 0.2) is 11.2 Å². The highest BCUT2D eigenvalue weighted by Crippen LogP contribution is 2.20. The van der Waals surface area contributed by atoms with Crippen LogP contribution in [0.1, 0.15) is 30.5 Å². The Bertz CT molecular complexity index is 1350. The molecule has 1 aliphatic heterocycles. The highest BCUT2D eigenvalue weighted by molar-refractivity contribution is 5.75. The molecule has 3 aromatic heterocycles. The molecule has 0 spiro atoms. The monoisotopic (exact) mass is 421 g/mol. The van der Waals surface area contributed by atoms with Gasteiger partial charge in [-0.3, -0.25) is 18.3 Å². The van der Waals surface area contributed by atoms with Crippen molar-refractivity contribution in [3.8, 4) is 0 Å². The maximum atomic E-state index is 13.3. The molecule has 0 bridgehead atoms. The summed E-state index contributed by atoms with van der Waals surface area (Å²) in [6, 6.07) is 10.1. The van der Waals surface area contributed by atoms with Crippen LogP contribution in [0.3, 0.4) is 0 Å². The Morgan fingerprint density at radius 1 is 1.16 bits per heavy atom. The largest absolute Gasteiger partial charge is 0.376 e. The Labute approximate surface area is 179 Å². The average molecular weight is 422 g/mol. The third-order valence-electron chi connectivity index (χ3n) is 6.24. The van der Waals surface area contributed by atoms with E-state index in [4.69, 9.17) is 4.74 Å². The molecule has 8 heteroatoms. The molecule has 0 saturated carbocycles. The molecular weight excluding hydrogens is 394 g/mol. The van der Waals surface area contributed by atoms with Crippen molar-refractivity contribution in [3.05, 3.63) is 68.6 Å². The Balaban J connectivity index is 1.54. The van der Waals surface area contributed by atoms with Crippen LogP contribution in [0.25, 0.3) is 16.9 Å². The zero-order chi connectivity index (χ0) is 21.5. The summed E-state index contributed by atoms with van der Waals surface area (Å²) in [6.45, 7) is 3.87. The summed E-state index contributed by atoms with van der Waals surface area (Å²) >= 11 is 0. The minimum atomic E-state index is -0.325. The van der Waals surface area contributed by atoms with Crippen LogP contribution in [-0.2, 0) is 31.3 Å². The number of aromatic nitrogens is 5. The van der Waals surface area contributed by atoms with Crippen molar-refractivity contribution < 1.29 is 4.74 Å². The second kappa shape index (κ2) is 7.85. The molecule has 1 fully saturated rings. The lowest BCUT2D eigenvalue weighted by atomic mass is 10.1. The van der Waals surface area contributed by atoms with Gasteiger partial charge in [-0.2, -0.15) is 4.98 Å². The lowest BCUT2D eigenvalue weighted by Crippen LogP contribution is -2.39. The standard InChI is InChI=1S/C23H27N5O3/c1-16-14-28-19-20(24-22(28)27(16)15-18-11-7-13-31-18)25(2)23(30)26(21(19)29)12-6-10-17-8-4-3-5-9-17/h3-5,8-9,14,18H,6-7,10-13,15H2,1-2H3/t18-/m1/s1. The van der Waals surface area contributed by atoms with Crippen LogP contribution in [0, 0.1) is 6.92 Å². The molecule has 1 atom stereocenters. The van der Waals surface area contributed by atoms with Gasteiger partial charge >= 0.3 is 5.69 Å². The van der Waals surface area contributed by atoms with E-state index in [0.717, 1.165) is 31.6 Å². The number of ether oxygens (including phenoxy) is 1. The first-order chi connectivity index (χ1) is 15.0. The van der Waals surface area contributed by atoms with Crippen LogP contribution in [0.5, 0.6) is 0 Å². The normalized spacial score (nSPS) is 16.6. The van der Waals surface area contributed by atoms with E-state index in [1.165, 1.54) is 14.7 Å². The van der Waals surface area contributed by atoms with E-state index >= 15 is 0 Å². The number of imidazole rings is 2. The number of benzene rings is 1. The average Bonchev–Trinajstić information content (AvgIpc) is 3.48. The van der Waals surface area contributed by atoms with E-state index in [1.807, 2.05) is 35.7 Å². The predicted molar refractivity (Wildman–Crippen MR) is 119 cm³/mol. The van der Waals surface area contributed by atoms with Gasteiger partial charge in [0.25, 0.3) is 5.56 Å². The third-order valence-corrected chi connectivity index (χ3v) is 6.24. The summed E-state index contributed by atoms with van der Waals surface area (Å²) in [7, 11) is 1.68. The molecule has 31 heavy (non-hydrogen) atoms. The fourth-order valence-corrected chi connectivity index (χ4v) is 4.56. The van der Waals surface area contributed by atoms with Crippen LogP contribution in [-0.4, -0.2) is 35.8 Å². The van der Waals surface area contributed by atoms with Gasteiger partial charge in [0.2, 0.25) is 5.78 Å². The second-order valence-electron chi connectivity index (χ2n) is 8.36. The molecule has 8 nitrogen and oxygen atoms in total. The summed E-state index contributed by atoms with van der Waals surface area (Å²) < 4.78 is 12.5. The first-order valence-corrected chi connectivity index (χ1v) is 10.9. The zero-order valence-corrected chi connectivity index (χ0v) is 18.0. The first kappa shape index (κ1) is 19.8. The van der Waals surface area contributed by atoms with E-state index in [9.17, 15) is 9.59 Å². The molecular formula is C23H27N5O3. The van der Waals surface area contributed by atoms with Gasteiger partial charge in [0, 0.05) is 32.1 Å². The quantitative estimate of drug-likeness (QED) is 0.479. The van der Waals surface area contributed by atoms with Crippen molar-refractivity contribution in [2.75, 3.05) is 6.61 Å². The summed E-state index contributed by atoms with van der Waals surface area (Å²) in [5.74, 6) is 0.678. The zero-order valence-electron chi connectivity index (χ0n) is 18.0. The van der Waals surface area contributed by atoms with Crippen LogP contribution in [0.4, 0.5) is 0 Å². The highest BCUT2D eigenvalue weighted by atomic mass is 16.5. The number of nitrogens with zero attached hydrogens (tertiary/aromatic N) is 5. The van der Waals surface area contributed by atoms with Crippen LogP contribution in [0.2, 0.25) is 0 Å². The molecule has 0 aliphatic carbocycles. The fraction of sp³-hybridized carbons (Fsp3) is 0.435. The van der Waals surface area contributed by atoms with Gasteiger partial charge in [-0.05, 0) is 38.2 Å². The molecule has 4 aromatic rings. The summed E-state index contributed by atoms with van der Waals surface area (Å²) in [6.07, 6.45) is 5.71. The van der Waals surface area contributed by atoms with Gasteiger partial charge in [-0.15, -0.1) is 0 Å². The first-order valence-electron chi connectivity index (χ1n) is 10.9. The second-order valence-corrected chi connectivity index (χ2v) is 8.36. The van der Waals surface area contributed by atoms with Crippen LogP contribution >= 0.6 is 0 Å². The fourth-order valence-electron chi connectivity index (χ4n) is 4.56. The Kier molecular flexibility index (Phi) is 5.02. The van der Waals surface area contributed by atoms with E-state index in [0.29, 0.717) is 36.5 Å². The maximum absolute atomic E-state index is 13.3. The van der Waals surface area contributed by atoms with Crippen molar-refractivity contribution >= 4 is 16.9 Å². The Hall–Kier alpha value is -3.13. The van der Waals surface area contributed by atoms with Crippen molar-refractivity contribution in [2.24, 2.45) is 7.05 Å².